The van der Waals surface area contributed by atoms with E-state index in [1.54, 1.807) is 12.1 Å². The number of rotatable bonds is 6. The third-order valence-electron chi connectivity index (χ3n) is 5.03. The molecule has 0 radical (unpaired) electrons. The van der Waals surface area contributed by atoms with Gasteiger partial charge in [0.05, 0.1) is 5.02 Å². The number of hydrogen-bond donors (Lipinski definition) is 1. The van der Waals surface area contributed by atoms with Crippen LogP contribution in [-0.2, 0) is 13.2 Å². The van der Waals surface area contributed by atoms with Crippen molar-refractivity contribution in [2.45, 2.75) is 20.1 Å². The van der Waals surface area contributed by atoms with Crippen molar-refractivity contribution in [1.29, 1.82) is 0 Å². The first-order valence-electron chi connectivity index (χ1n) is 9.48. The Bertz CT molecular complexity index is 1160. The summed E-state index contributed by atoms with van der Waals surface area (Å²) in [5.74, 6) is 0.400. The first-order chi connectivity index (χ1) is 14.1. The average Bonchev–Trinajstić information content (AvgIpc) is 2.74. The van der Waals surface area contributed by atoms with Gasteiger partial charge in [0.15, 0.2) is 0 Å². The van der Waals surface area contributed by atoms with Gasteiger partial charge in [-0.15, -0.1) is 0 Å². The number of benzene rings is 4. The second-order valence-electron chi connectivity index (χ2n) is 6.96. The maximum Gasteiger partial charge on any atom is 0.141 e. The third kappa shape index (κ3) is 4.36. The second-order valence-corrected chi connectivity index (χ2v) is 7.37. The molecule has 0 saturated heterocycles. The van der Waals surface area contributed by atoms with Gasteiger partial charge in [-0.1, -0.05) is 66.2 Å². The number of nitrogens with one attached hydrogen (secondary N) is 1. The minimum absolute atomic E-state index is 0.101. The summed E-state index contributed by atoms with van der Waals surface area (Å²) in [6, 6.07) is 25.1. The van der Waals surface area contributed by atoms with Crippen LogP contribution in [0.4, 0.5) is 10.1 Å². The fourth-order valence-corrected chi connectivity index (χ4v) is 3.54. The normalized spacial score (nSPS) is 10.9. The van der Waals surface area contributed by atoms with E-state index in [1.807, 2.05) is 30.3 Å². The Morgan fingerprint density at radius 3 is 2.55 bits per heavy atom. The van der Waals surface area contributed by atoms with Crippen molar-refractivity contribution in [3.8, 4) is 5.75 Å². The Hall–Kier alpha value is -3.04. The van der Waals surface area contributed by atoms with Gasteiger partial charge in [-0.3, -0.25) is 0 Å². The average molecular weight is 406 g/mol. The molecule has 4 aromatic carbocycles. The van der Waals surface area contributed by atoms with E-state index < -0.39 is 5.82 Å². The van der Waals surface area contributed by atoms with Gasteiger partial charge in [-0.05, 0) is 53.1 Å². The molecule has 0 bridgehead atoms. The molecule has 0 spiro atoms. The minimum atomic E-state index is -0.426. The van der Waals surface area contributed by atoms with Crippen LogP contribution < -0.4 is 10.1 Å². The zero-order valence-electron chi connectivity index (χ0n) is 16.1. The Morgan fingerprint density at radius 1 is 0.931 bits per heavy atom. The largest absolute Gasteiger partial charge is 0.489 e. The van der Waals surface area contributed by atoms with Crippen LogP contribution in [0.1, 0.15) is 16.7 Å². The molecule has 0 atom stereocenters. The highest BCUT2D eigenvalue weighted by atomic mass is 35.5. The topological polar surface area (TPSA) is 21.3 Å². The fourth-order valence-electron chi connectivity index (χ4n) is 3.36. The molecule has 4 rings (SSSR count). The lowest BCUT2D eigenvalue weighted by molar-refractivity contribution is 0.303. The van der Waals surface area contributed by atoms with Crippen LogP contribution in [-0.4, -0.2) is 0 Å². The highest BCUT2D eigenvalue weighted by Gasteiger charge is 2.10. The Kier molecular flexibility index (Phi) is 5.68. The smallest absolute Gasteiger partial charge is 0.141 e. The molecule has 146 valence electrons. The fraction of sp³-hybridized carbons (Fsp3) is 0.120. The van der Waals surface area contributed by atoms with Crippen LogP contribution in [0.5, 0.6) is 5.75 Å². The summed E-state index contributed by atoms with van der Waals surface area (Å²) in [5.41, 5.74) is 4.17. The van der Waals surface area contributed by atoms with E-state index in [2.05, 4.69) is 42.6 Å². The minimum Gasteiger partial charge on any atom is -0.489 e. The van der Waals surface area contributed by atoms with Gasteiger partial charge >= 0.3 is 0 Å². The number of aryl methyl sites for hydroxylation is 1. The molecule has 1 N–H and O–H groups in total. The van der Waals surface area contributed by atoms with Gasteiger partial charge < -0.3 is 10.1 Å². The van der Waals surface area contributed by atoms with Crippen molar-refractivity contribution in [2.24, 2.45) is 0 Å². The standard InChI is InChI=1S/C25H21ClFNO/c1-17-6-2-3-8-19(17)16-29-25-13-10-18-7-4-5-9-21(18)22(25)15-28-20-11-12-24(27)23(26)14-20/h2-14,28H,15-16H2,1H3. The van der Waals surface area contributed by atoms with Gasteiger partial charge in [-0.2, -0.15) is 0 Å². The van der Waals surface area contributed by atoms with Crippen molar-refractivity contribution in [3.05, 3.63) is 106 Å². The SMILES string of the molecule is Cc1ccccc1COc1ccc2ccccc2c1CNc1ccc(F)c(Cl)c1. The third-order valence-corrected chi connectivity index (χ3v) is 5.32. The number of ether oxygens (including phenoxy) is 1. The van der Waals surface area contributed by atoms with Crippen molar-refractivity contribution < 1.29 is 9.13 Å². The number of hydrogen-bond acceptors (Lipinski definition) is 2. The quantitative estimate of drug-likeness (QED) is 0.368. The van der Waals surface area contributed by atoms with Gasteiger partial charge in [0, 0.05) is 17.8 Å². The lowest BCUT2D eigenvalue weighted by Gasteiger charge is -2.16. The van der Waals surface area contributed by atoms with Crippen LogP contribution in [0.3, 0.4) is 0 Å². The highest BCUT2D eigenvalue weighted by Crippen LogP contribution is 2.30. The molecule has 0 aliphatic carbocycles. The van der Waals surface area contributed by atoms with Gasteiger partial charge in [0.25, 0.3) is 0 Å². The monoisotopic (exact) mass is 405 g/mol. The van der Waals surface area contributed by atoms with E-state index in [-0.39, 0.29) is 5.02 Å². The Morgan fingerprint density at radius 2 is 1.72 bits per heavy atom. The van der Waals surface area contributed by atoms with Crippen molar-refractivity contribution in [1.82, 2.24) is 0 Å². The van der Waals surface area contributed by atoms with Crippen LogP contribution in [0.25, 0.3) is 10.8 Å². The summed E-state index contributed by atoms with van der Waals surface area (Å²) < 4.78 is 19.7. The molecule has 0 amide bonds. The first-order valence-corrected chi connectivity index (χ1v) is 9.86. The van der Waals surface area contributed by atoms with Gasteiger partial charge in [-0.25, -0.2) is 4.39 Å². The van der Waals surface area contributed by atoms with Crippen molar-refractivity contribution in [2.75, 3.05) is 5.32 Å². The second kappa shape index (κ2) is 8.54. The summed E-state index contributed by atoms with van der Waals surface area (Å²) >= 11 is 5.91. The highest BCUT2D eigenvalue weighted by molar-refractivity contribution is 6.31. The predicted octanol–water partition coefficient (Wildman–Crippen LogP) is 7.13. The molecular weight excluding hydrogens is 385 g/mol. The lowest BCUT2D eigenvalue weighted by atomic mass is 10.0. The first kappa shape index (κ1) is 19.3. The molecule has 0 heterocycles. The Labute approximate surface area is 174 Å². The van der Waals surface area contributed by atoms with Crippen LogP contribution >= 0.6 is 11.6 Å². The van der Waals surface area contributed by atoms with E-state index in [0.717, 1.165) is 33.3 Å². The van der Waals surface area contributed by atoms with E-state index >= 15 is 0 Å². The lowest BCUT2D eigenvalue weighted by Crippen LogP contribution is -2.05. The summed E-state index contributed by atoms with van der Waals surface area (Å²) in [5, 5.41) is 5.70. The van der Waals surface area contributed by atoms with E-state index in [1.165, 1.54) is 11.6 Å². The van der Waals surface area contributed by atoms with E-state index in [9.17, 15) is 4.39 Å². The maximum atomic E-state index is 13.4. The van der Waals surface area contributed by atoms with Gasteiger partial charge in [0.2, 0.25) is 0 Å². The van der Waals surface area contributed by atoms with E-state index in [0.29, 0.717) is 13.2 Å². The molecular formula is C25H21ClFNO. The summed E-state index contributed by atoms with van der Waals surface area (Å²) in [6.45, 7) is 3.12. The molecule has 0 fully saturated rings. The molecule has 0 aromatic heterocycles. The van der Waals surface area contributed by atoms with Gasteiger partial charge in [0.1, 0.15) is 18.2 Å². The molecule has 4 heteroatoms. The molecule has 29 heavy (non-hydrogen) atoms. The maximum absolute atomic E-state index is 13.4. The summed E-state index contributed by atoms with van der Waals surface area (Å²) in [6.07, 6.45) is 0. The molecule has 0 aliphatic heterocycles. The number of fused-ring (bicyclic) bond motifs is 1. The van der Waals surface area contributed by atoms with Crippen molar-refractivity contribution >= 4 is 28.1 Å². The summed E-state index contributed by atoms with van der Waals surface area (Å²) in [7, 11) is 0. The Balaban J connectivity index is 1.63. The molecule has 0 saturated carbocycles. The zero-order valence-corrected chi connectivity index (χ0v) is 16.8. The number of anilines is 1. The van der Waals surface area contributed by atoms with Crippen molar-refractivity contribution in [3.63, 3.8) is 0 Å². The predicted molar refractivity (Wildman–Crippen MR) is 118 cm³/mol. The summed E-state index contributed by atoms with van der Waals surface area (Å²) in [4.78, 5) is 0. The van der Waals surface area contributed by atoms with E-state index in [4.69, 9.17) is 16.3 Å². The van der Waals surface area contributed by atoms with Crippen LogP contribution in [0, 0.1) is 12.7 Å². The molecule has 4 aromatic rings. The molecule has 0 aliphatic rings. The van der Waals surface area contributed by atoms with Crippen LogP contribution in [0.2, 0.25) is 5.02 Å². The van der Waals surface area contributed by atoms with Crippen LogP contribution in [0.15, 0.2) is 78.9 Å². The molecule has 2 nitrogen and oxygen atoms in total. The zero-order chi connectivity index (χ0) is 20.2. The molecule has 0 unspecified atom stereocenters. The number of halogens is 2.